The van der Waals surface area contributed by atoms with Gasteiger partial charge in [0.15, 0.2) is 0 Å². The molecule has 102 valence electrons. The fourth-order valence-electron chi connectivity index (χ4n) is 1.89. The van der Waals surface area contributed by atoms with E-state index in [4.69, 9.17) is 4.52 Å². The monoisotopic (exact) mass is 262 g/mol. The Balaban J connectivity index is 1.70. The van der Waals surface area contributed by atoms with E-state index >= 15 is 0 Å². The van der Waals surface area contributed by atoms with Crippen LogP contribution < -0.4 is 5.32 Å². The highest BCUT2D eigenvalue weighted by molar-refractivity contribution is 5.78. The van der Waals surface area contributed by atoms with Crippen molar-refractivity contribution < 1.29 is 9.32 Å². The highest BCUT2D eigenvalue weighted by atomic mass is 16.5. The number of aryl methyl sites for hydroxylation is 3. The Hall–Kier alpha value is -2.11. The summed E-state index contributed by atoms with van der Waals surface area (Å²) in [5, 5.41) is 6.73. The van der Waals surface area contributed by atoms with Crippen molar-refractivity contribution in [3.63, 3.8) is 0 Å². The minimum atomic E-state index is 0.0000288. The zero-order valence-corrected chi connectivity index (χ0v) is 11.2. The van der Waals surface area contributed by atoms with Gasteiger partial charge in [0, 0.05) is 31.0 Å². The maximum Gasteiger partial charge on any atom is 0.224 e. The average molecular weight is 262 g/mol. The molecule has 2 heterocycles. The van der Waals surface area contributed by atoms with Gasteiger partial charge in [-0.2, -0.15) is 0 Å². The van der Waals surface area contributed by atoms with Crippen LogP contribution in [0.1, 0.15) is 23.4 Å². The fourth-order valence-corrected chi connectivity index (χ4v) is 1.89. The standard InChI is InChI=1S/C13H18N4O2/c1-10-12(11(2)19-16-10)8-13(18)15-4-3-6-17-7-5-14-9-17/h5,7,9H,3-4,6,8H2,1-2H3,(H,15,18). The van der Waals surface area contributed by atoms with Gasteiger partial charge in [-0.3, -0.25) is 4.79 Å². The minimum Gasteiger partial charge on any atom is -0.361 e. The van der Waals surface area contributed by atoms with Crippen LogP contribution in [0.25, 0.3) is 0 Å². The average Bonchev–Trinajstić information content (AvgIpc) is 3.00. The normalized spacial score (nSPS) is 10.6. The molecule has 6 nitrogen and oxygen atoms in total. The second-order valence-electron chi connectivity index (χ2n) is 4.48. The maximum absolute atomic E-state index is 11.8. The smallest absolute Gasteiger partial charge is 0.224 e. The molecule has 0 radical (unpaired) electrons. The first-order valence-corrected chi connectivity index (χ1v) is 6.31. The summed E-state index contributed by atoms with van der Waals surface area (Å²) in [5.74, 6) is 0.714. The van der Waals surface area contributed by atoms with Crippen molar-refractivity contribution in [1.29, 1.82) is 0 Å². The van der Waals surface area contributed by atoms with Gasteiger partial charge in [0.2, 0.25) is 5.91 Å². The van der Waals surface area contributed by atoms with Crippen molar-refractivity contribution in [1.82, 2.24) is 20.0 Å². The number of hydrogen-bond acceptors (Lipinski definition) is 4. The molecule has 1 N–H and O–H groups in total. The third kappa shape index (κ3) is 3.67. The zero-order valence-electron chi connectivity index (χ0n) is 11.2. The molecule has 0 saturated carbocycles. The lowest BCUT2D eigenvalue weighted by Crippen LogP contribution is -2.27. The van der Waals surface area contributed by atoms with E-state index in [0.29, 0.717) is 18.7 Å². The van der Waals surface area contributed by atoms with Crippen LogP contribution in [0, 0.1) is 13.8 Å². The molecule has 0 unspecified atom stereocenters. The van der Waals surface area contributed by atoms with Crippen LogP contribution in [0.4, 0.5) is 0 Å². The summed E-state index contributed by atoms with van der Waals surface area (Å²) in [5.41, 5.74) is 1.66. The molecular weight excluding hydrogens is 244 g/mol. The minimum absolute atomic E-state index is 0.0000288. The third-order valence-corrected chi connectivity index (χ3v) is 2.99. The Labute approximate surface area is 111 Å². The van der Waals surface area contributed by atoms with Crippen molar-refractivity contribution in [3.05, 3.63) is 35.7 Å². The number of carbonyl (C=O) groups excluding carboxylic acids is 1. The van der Waals surface area contributed by atoms with Crippen molar-refractivity contribution in [2.45, 2.75) is 33.2 Å². The molecule has 2 aromatic heterocycles. The zero-order chi connectivity index (χ0) is 13.7. The van der Waals surface area contributed by atoms with E-state index in [1.54, 1.807) is 12.5 Å². The molecule has 0 atom stereocenters. The summed E-state index contributed by atoms with van der Waals surface area (Å²) >= 11 is 0. The SMILES string of the molecule is Cc1noc(C)c1CC(=O)NCCCn1ccnc1. The van der Waals surface area contributed by atoms with Crippen LogP contribution in [-0.2, 0) is 17.8 Å². The molecule has 1 amide bonds. The van der Waals surface area contributed by atoms with Gasteiger partial charge >= 0.3 is 0 Å². The summed E-state index contributed by atoms with van der Waals surface area (Å²) in [6.45, 7) is 5.17. The van der Waals surface area contributed by atoms with Crippen LogP contribution in [0.5, 0.6) is 0 Å². The Bertz CT molecular complexity index is 511. The number of amides is 1. The van der Waals surface area contributed by atoms with Gasteiger partial charge in [-0.15, -0.1) is 0 Å². The van der Waals surface area contributed by atoms with Gasteiger partial charge < -0.3 is 14.4 Å². The summed E-state index contributed by atoms with van der Waals surface area (Å²) < 4.78 is 7.02. The van der Waals surface area contributed by atoms with Crippen LogP contribution in [-0.4, -0.2) is 27.2 Å². The predicted octanol–water partition coefficient (Wildman–Crippen LogP) is 1.24. The second-order valence-corrected chi connectivity index (χ2v) is 4.48. The molecule has 2 aromatic rings. The molecule has 0 spiro atoms. The maximum atomic E-state index is 11.8. The highest BCUT2D eigenvalue weighted by Crippen LogP contribution is 2.12. The fraction of sp³-hybridized carbons (Fsp3) is 0.462. The van der Waals surface area contributed by atoms with Gasteiger partial charge in [0.1, 0.15) is 5.76 Å². The highest BCUT2D eigenvalue weighted by Gasteiger charge is 2.12. The molecule has 0 aliphatic heterocycles. The Morgan fingerprint density at radius 2 is 2.32 bits per heavy atom. The topological polar surface area (TPSA) is 73.0 Å². The number of rotatable bonds is 6. The first-order valence-electron chi connectivity index (χ1n) is 6.31. The second kappa shape index (κ2) is 6.17. The van der Waals surface area contributed by atoms with Gasteiger partial charge in [0.25, 0.3) is 0 Å². The van der Waals surface area contributed by atoms with E-state index in [-0.39, 0.29) is 5.91 Å². The number of nitrogens with zero attached hydrogens (tertiary/aromatic N) is 3. The van der Waals surface area contributed by atoms with Gasteiger partial charge in [-0.25, -0.2) is 4.98 Å². The molecule has 0 fully saturated rings. The molecule has 0 aromatic carbocycles. The van der Waals surface area contributed by atoms with E-state index in [1.165, 1.54) is 0 Å². The van der Waals surface area contributed by atoms with E-state index in [2.05, 4.69) is 15.5 Å². The molecular formula is C13H18N4O2. The Kier molecular flexibility index (Phi) is 4.33. The quantitative estimate of drug-likeness (QED) is 0.795. The third-order valence-electron chi connectivity index (χ3n) is 2.99. The lowest BCUT2D eigenvalue weighted by Gasteiger charge is -2.05. The molecule has 0 aliphatic carbocycles. The molecule has 0 saturated heterocycles. The first kappa shape index (κ1) is 13.3. The van der Waals surface area contributed by atoms with Crippen LogP contribution >= 0.6 is 0 Å². The predicted molar refractivity (Wildman–Crippen MR) is 69.5 cm³/mol. The van der Waals surface area contributed by atoms with E-state index in [9.17, 15) is 4.79 Å². The number of nitrogens with one attached hydrogen (secondary N) is 1. The van der Waals surface area contributed by atoms with Crippen molar-refractivity contribution in [2.75, 3.05) is 6.54 Å². The van der Waals surface area contributed by atoms with Crippen molar-refractivity contribution in [3.8, 4) is 0 Å². The lowest BCUT2D eigenvalue weighted by molar-refractivity contribution is -0.120. The summed E-state index contributed by atoms with van der Waals surface area (Å²) in [7, 11) is 0. The summed E-state index contributed by atoms with van der Waals surface area (Å²) in [6, 6.07) is 0. The number of aromatic nitrogens is 3. The van der Waals surface area contributed by atoms with E-state index < -0.39 is 0 Å². The first-order chi connectivity index (χ1) is 9.16. The van der Waals surface area contributed by atoms with Crippen molar-refractivity contribution in [2.24, 2.45) is 0 Å². The number of hydrogen-bond donors (Lipinski definition) is 1. The summed E-state index contributed by atoms with van der Waals surface area (Å²) in [6.07, 6.45) is 6.63. The van der Waals surface area contributed by atoms with Gasteiger partial charge in [0.05, 0.1) is 18.4 Å². The Morgan fingerprint density at radius 1 is 1.47 bits per heavy atom. The molecule has 19 heavy (non-hydrogen) atoms. The lowest BCUT2D eigenvalue weighted by atomic mass is 10.1. The van der Waals surface area contributed by atoms with Crippen molar-refractivity contribution >= 4 is 5.91 Å². The van der Waals surface area contributed by atoms with Crippen LogP contribution in [0.2, 0.25) is 0 Å². The summed E-state index contributed by atoms with van der Waals surface area (Å²) in [4.78, 5) is 15.7. The number of imidazole rings is 1. The van der Waals surface area contributed by atoms with E-state index in [0.717, 1.165) is 24.2 Å². The molecule has 0 aliphatic rings. The number of carbonyl (C=O) groups is 1. The van der Waals surface area contributed by atoms with Gasteiger partial charge in [-0.1, -0.05) is 5.16 Å². The van der Waals surface area contributed by atoms with Gasteiger partial charge in [-0.05, 0) is 20.3 Å². The van der Waals surface area contributed by atoms with Crippen LogP contribution in [0.15, 0.2) is 23.2 Å². The molecule has 6 heteroatoms. The largest absolute Gasteiger partial charge is 0.361 e. The Morgan fingerprint density at radius 3 is 2.95 bits per heavy atom. The van der Waals surface area contributed by atoms with E-state index in [1.807, 2.05) is 24.6 Å². The van der Waals surface area contributed by atoms with Crippen LogP contribution in [0.3, 0.4) is 0 Å². The molecule has 2 rings (SSSR count). The molecule has 0 bridgehead atoms.